The van der Waals surface area contributed by atoms with Crippen molar-refractivity contribution in [1.82, 2.24) is 10.2 Å². The molecule has 0 aliphatic carbocycles. The minimum absolute atomic E-state index is 0.0663. The number of rotatable bonds is 5. The molecule has 1 aliphatic heterocycles. The molecule has 92 valence electrons. The molecular weight excluding hydrogens is 208 g/mol. The van der Waals surface area contributed by atoms with Gasteiger partial charge in [0.1, 0.15) is 5.54 Å². The first-order valence-corrected chi connectivity index (χ1v) is 5.77. The Morgan fingerprint density at radius 1 is 1.50 bits per heavy atom. The van der Waals surface area contributed by atoms with E-state index in [0.29, 0.717) is 25.9 Å². The lowest BCUT2D eigenvalue weighted by molar-refractivity contribution is -0.155. The molecule has 0 bridgehead atoms. The second-order valence-electron chi connectivity index (χ2n) is 4.33. The number of carbonyl (C=O) groups excluding carboxylic acids is 1. The first-order chi connectivity index (χ1) is 7.52. The van der Waals surface area contributed by atoms with E-state index in [-0.39, 0.29) is 5.91 Å². The molecular formula is C11H20N2O3. The minimum atomic E-state index is -0.997. The van der Waals surface area contributed by atoms with Crippen LogP contribution < -0.4 is 5.32 Å². The normalized spacial score (nSPS) is 24.8. The topological polar surface area (TPSA) is 69.6 Å². The van der Waals surface area contributed by atoms with E-state index in [2.05, 4.69) is 5.32 Å². The number of carboxylic acids is 1. The van der Waals surface area contributed by atoms with Crippen LogP contribution in [0.1, 0.15) is 33.1 Å². The Kier molecular flexibility index (Phi) is 4.29. The van der Waals surface area contributed by atoms with Crippen LogP contribution >= 0.6 is 0 Å². The number of nitrogens with one attached hydrogen (secondary N) is 1. The van der Waals surface area contributed by atoms with Gasteiger partial charge in [0, 0.05) is 19.5 Å². The minimum Gasteiger partial charge on any atom is -0.480 e. The molecule has 1 rings (SSSR count). The molecule has 0 spiro atoms. The molecule has 5 nitrogen and oxygen atoms in total. The van der Waals surface area contributed by atoms with Crippen molar-refractivity contribution >= 4 is 11.9 Å². The molecule has 1 amide bonds. The van der Waals surface area contributed by atoms with E-state index in [0.717, 1.165) is 13.0 Å². The zero-order valence-corrected chi connectivity index (χ0v) is 9.95. The van der Waals surface area contributed by atoms with Crippen LogP contribution in [0.5, 0.6) is 0 Å². The first-order valence-electron chi connectivity index (χ1n) is 5.77. The van der Waals surface area contributed by atoms with Crippen LogP contribution in [0.4, 0.5) is 0 Å². The van der Waals surface area contributed by atoms with Crippen molar-refractivity contribution in [2.24, 2.45) is 0 Å². The second kappa shape index (κ2) is 5.30. The molecule has 16 heavy (non-hydrogen) atoms. The van der Waals surface area contributed by atoms with Gasteiger partial charge in [-0.15, -0.1) is 0 Å². The van der Waals surface area contributed by atoms with Crippen molar-refractivity contribution in [2.45, 2.75) is 38.6 Å². The fourth-order valence-electron chi connectivity index (χ4n) is 2.09. The SMILES string of the molecule is CCNCCC(=O)N1CCCC1(C)C(=O)O. The van der Waals surface area contributed by atoms with Crippen LogP contribution in [0.15, 0.2) is 0 Å². The van der Waals surface area contributed by atoms with Crippen molar-refractivity contribution in [3.63, 3.8) is 0 Å². The van der Waals surface area contributed by atoms with Crippen LogP contribution in [0, 0.1) is 0 Å². The molecule has 2 N–H and O–H groups in total. The molecule has 0 radical (unpaired) electrons. The van der Waals surface area contributed by atoms with E-state index < -0.39 is 11.5 Å². The quantitative estimate of drug-likeness (QED) is 0.670. The highest BCUT2D eigenvalue weighted by molar-refractivity contribution is 5.87. The van der Waals surface area contributed by atoms with Gasteiger partial charge in [0.05, 0.1) is 0 Å². The summed E-state index contributed by atoms with van der Waals surface area (Å²) in [4.78, 5) is 24.5. The number of amides is 1. The number of nitrogens with zero attached hydrogens (tertiary/aromatic N) is 1. The summed E-state index contributed by atoms with van der Waals surface area (Å²) in [7, 11) is 0. The van der Waals surface area contributed by atoms with Crippen molar-refractivity contribution < 1.29 is 14.7 Å². The van der Waals surface area contributed by atoms with E-state index in [1.807, 2.05) is 6.92 Å². The average molecular weight is 228 g/mol. The summed E-state index contributed by atoms with van der Waals surface area (Å²) in [6.07, 6.45) is 1.70. The van der Waals surface area contributed by atoms with Crippen molar-refractivity contribution in [2.75, 3.05) is 19.6 Å². The van der Waals surface area contributed by atoms with Crippen LogP contribution in [0.25, 0.3) is 0 Å². The fourth-order valence-corrected chi connectivity index (χ4v) is 2.09. The van der Waals surface area contributed by atoms with Gasteiger partial charge in [-0.3, -0.25) is 4.79 Å². The van der Waals surface area contributed by atoms with E-state index in [1.165, 1.54) is 4.90 Å². The summed E-state index contributed by atoms with van der Waals surface area (Å²) in [5.74, 6) is -0.967. The lowest BCUT2D eigenvalue weighted by atomic mass is 9.99. The summed E-state index contributed by atoms with van der Waals surface area (Å²) in [5, 5.41) is 12.2. The molecule has 1 heterocycles. The molecule has 0 aromatic heterocycles. The first kappa shape index (κ1) is 13.0. The van der Waals surface area contributed by atoms with Crippen molar-refractivity contribution in [3.8, 4) is 0 Å². The van der Waals surface area contributed by atoms with Gasteiger partial charge in [-0.05, 0) is 26.3 Å². The van der Waals surface area contributed by atoms with Gasteiger partial charge in [-0.25, -0.2) is 4.79 Å². The standard InChI is InChI=1S/C11H20N2O3/c1-3-12-7-5-9(14)13-8-4-6-11(13,2)10(15)16/h12H,3-8H2,1-2H3,(H,15,16). The molecule has 0 aromatic rings. The van der Waals surface area contributed by atoms with Crippen molar-refractivity contribution in [1.29, 1.82) is 0 Å². The monoisotopic (exact) mass is 228 g/mol. The summed E-state index contributed by atoms with van der Waals surface area (Å²) < 4.78 is 0. The highest BCUT2D eigenvalue weighted by Gasteiger charge is 2.45. The maximum atomic E-state index is 11.9. The number of hydrogen-bond donors (Lipinski definition) is 2. The predicted molar refractivity (Wildman–Crippen MR) is 60.1 cm³/mol. The van der Waals surface area contributed by atoms with Crippen LogP contribution in [0.2, 0.25) is 0 Å². The average Bonchev–Trinajstić information content (AvgIpc) is 2.62. The number of carboxylic acid groups (broad SMARTS) is 1. The van der Waals surface area contributed by atoms with Gasteiger partial charge in [-0.1, -0.05) is 6.92 Å². The molecule has 1 unspecified atom stereocenters. The Labute approximate surface area is 95.8 Å². The predicted octanol–water partition coefficient (Wildman–Crippen LogP) is 0.452. The number of likely N-dealkylation sites (tertiary alicyclic amines) is 1. The largest absolute Gasteiger partial charge is 0.480 e. The molecule has 1 aliphatic rings. The summed E-state index contributed by atoms with van der Waals surface area (Å²) in [5.41, 5.74) is -0.997. The molecule has 1 atom stereocenters. The van der Waals surface area contributed by atoms with Gasteiger partial charge in [0.15, 0.2) is 0 Å². The third-order valence-corrected chi connectivity index (χ3v) is 3.17. The highest BCUT2D eigenvalue weighted by Crippen LogP contribution is 2.29. The Morgan fingerprint density at radius 3 is 2.75 bits per heavy atom. The van der Waals surface area contributed by atoms with Gasteiger partial charge < -0.3 is 15.3 Å². The summed E-state index contributed by atoms with van der Waals surface area (Å²) in [6, 6.07) is 0. The number of carbonyl (C=O) groups is 2. The van der Waals surface area contributed by atoms with E-state index in [9.17, 15) is 9.59 Å². The van der Waals surface area contributed by atoms with Gasteiger partial charge in [0.25, 0.3) is 0 Å². The Balaban J connectivity index is 2.58. The highest BCUT2D eigenvalue weighted by atomic mass is 16.4. The van der Waals surface area contributed by atoms with E-state index in [1.54, 1.807) is 6.92 Å². The zero-order chi connectivity index (χ0) is 12.2. The molecule has 1 fully saturated rings. The van der Waals surface area contributed by atoms with Crippen LogP contribution in [-0.2, 0) is 9.59 Å². The lowest BCUT2D eigenvalue weighted by Gasteiger charge is -2.31. The lowest BCUT2D eigenvalue weighted by Crippen LogP contribution is -2.51. The van der Waals surface area contributed by atoms with Gasteiger partial charge in [0.2, 0.25) is 5.91 Å². The van der Waals surface area contributed by atoms with Crippen molar-refractivity contribution in [3.05, 3.63) is 0 Å². The molecule has 0 saturated carbocycles. The Morgan fingerprint density at radius 2 is 2.19 bits per heavy atom. The van der Waals surface area contributed by atoms with Crippen LogP contribution in [0.3, 0.4) is 0 Å². The third kappa shape index (κ3) is 2.52. The fraction of sp³-hybridized carbons (Fsp3) is 0.818. The van der Waals surface area contributed by atoms with Gasteiger partial charge in [-0.2, -0.15) is 0 Å². The van der Waals surface area contributed by atoms with E-state index >= 15 is 0 Å². The molecule has 1 saturated heterocycles. The Bertz CT molecular complexity index is 280. The number of aliphatic carboxylic acids is 1. The van der Waals surface area contributed by atoms with E-state index in [4.69, 9.17) is 5.11 Å². The maximum absolute atomic E-state index is 11.9. The Hall–Kier alpha value is -1.10. The molecule has 0 aromatic carbocycles. The second-order valence-corrected chi connectivity index (χ2v) is 4.33. The summed E-state index contributed by atoms with van der Waals surface area (Å²) in [6.45, 7) is 5.61. The third-order valence-electron chi connectivity index (χ3n) is 3.17. The smallest absolute Gasteiger partial charge is 0.329 e. The summed E-state index contributed by atoms with van der Waals surface area (Å²) >= 11 is 0. The van der Waals surface area contributed by atoms with Gasteiger partial charge >= 0.3 is 5.97 Å². The maximum Gasteiger partial charge on any atom is 0.329 e. The zero-order valence-electron chi connectivity index (χ0n) is 9.95. The molecule has 5 heteroatoms. The number of hydrogen-bond acceptors (Lipinski definition) is 3. The van der Waals surface area contributed by atoms with Crippen LogP contribution in [-0.4, -0.2) is 47.1 Å².